The summed E-state index contributed by atoms with van der Waals surface area (Å²) < 4.78 is 0. The molecule has 1 rings (SSSR count). The smallest absolute Gasteiger partial charge is 0.0718 e. The normalized spacial score (nSPS) is 32.8. The van der Waals surface area contributed by atoms with Gasteiger partial charge in [-0.05, 0) is 58.0 Å². The molecule has 3 nitrogen and oxygen atoms in total. The van der Waals surface area contributed by atoms with Gasteiger partial charge in [0.05, 0.1) is 5.60 Å². The van der Waals surface area contributed by atoms with Crippen LogP contribution in [0.25, 0.3) is 0 Å². The third kappa shape index (κ3) is 5.80. The largest absolute Gasteiger partial charge is 0.389 e. The Kier molecular flexibility index (Phi) is 6.28. The first-order chi connectivity index (χ1) is 8.73. The second-order valence-corrected chi connectivity index (χ2v) is 7.39. The maximum atomic E-state index is 9.94. The monoisotopic (exact) mass is 270 g/mol. The van der Waals surface area contributed by atoms with Crippen LogP contribution < -0.4 is 5.32 Å². The zero-order valence-electron chi connectivity index (χ0n) is 13.7. The van der Waals surface area contributed by atoms with E-state index in [9.17, 15) is 5.11 Å². The Morgan fingerprint density at radius 3 is 2.42 bits per heavy atom. The second kappa shape index (κ2) is 7.05. The van der Waals surface area contributed by atoms with Gasteiger partial charge < -0.3 is 15.3 Å². The first-order valence-electron chi connectivity index (χ1n) is 7.87. The van der Waals surface area contributed by atoms with Crippen molar-refractivity contribution in [1.82, 2.24) is 10.2 Å². The van der Waals surface area contributed by atoms with Crippen molar-refractivity contribution in [1.29, 1.82) is 0 Å². The summed E-state index contributed by atoms with van der Waals surface area (Å²) in [6.07, 6.45) is 2.63. The number of nitrogens with one attached hydrogen (secondary N) is 1. The molecule has 0 spiro atoms. The Bertz CT molecular complexity index is 262. The predicted octanol–water partition coefficient (Wildman–Crippen LogP) is 2.35. The van der Waals surface area contributed by atoms with Gasteiger partial charge in [-0.3, -0.25) is 0 Å². The van der Waals surface area contributed by atoms with Crippen LogP contribution >= 0.6 is 0 Å². The Balaban J connectivity index is 2.60. The fourth-order valence-electron chi connectivity index (χ4n) is 3.80. The van der Waals surface area contributed by atoms with Crippen molar-refractivity contribution in [2.45, 2.75) is 59.1 Å². The highest BCUT2D eigenvalue weighted by Crippen LogP contribution is 2.34. The molecule has 114 valence electrons. The van der Waals surface area contributed by atoms with Gasteiger partial charge in [0.15, 0.2) is 0 Å². The van der Waals surface area contributed by atoms with E-state index < -0.39 is 5.60 Å². The molecule has 1 fully saturated rings. The molecule has 0 amide bonds. The average molecular weight is 270 g/mol. The van der Waals surface area contributed by atoms with Gasteiger partial charge in [-0.15, -0.1) is 0 Å². The van der Waals surface area contributed by atoms with E-state index in [1.807, 2.05) is 13.8 Å². The van der Waals surface area contributed by atoms with Crippen molar-refractivity contribution in [3.63, 3.8) is 0 Å². The van der Waals surface area contributed by atoms with Gasteiger partial charge in [0.25, 0.3) is 0 Å². The number of nitrogens with zero attached hydrogens (tertiary/aromatic N) is 1. The molecular weight excluding hydrogens is 236 g/mol. The molecule has 4 unspecified atom stereocenters. The van der Waals surface area contributed by atoms with Gasteiger partial charge >= 0.3 is 0 Å². The summed E-state index contributed by atoms with van der Waals surface area (Å²) in [5, 5.41) is 13.6. The van der Waals surface area contributed by atoms with Gasteiger partial charge in [0, 0.05) is 19.1 Å². The maximum absolute atomic E-state index is 9.94. The molecule has 4 atom stereocenters. The van der Waals surface area contributed by atoms with Crippen LogP contribution in [-0.4, -0.2) is 48.3 Å². The van der Waals surface area contributed by atoms with E-state index in [0.29, 0.717) is 12.0 Å². The second-order valence-electron chi connectivity index (χ2n) is 7.39. The molecule has 1 aliphatic carbocycles. The lowest BCUT2D eigenvalue weighted by atomic mass is 9.72. The van der Waals surface area contributed by atoms with Crippen LogP contribution in [-0.2, 0) is 0 Å². The predicted molar refractivity (Wildman–Crippen MR) is 82.3 cm³/mol. The Morgan fingerprint density at radius 1 is 1.26 bits per heavy atom. The van der Waals surface area contributed by atoms with Crippen LogP contribution in [0.2, 0.25) is 0 Å². The molecule has 0 aromatic rings. The minimum Gasteiger partial charge on any atom is -0.389 e. The van der Waals surface area contributed by atoms with Crippen LogP contribution in [0.1, 0.15) is 47.5 Å². The zero-order chi connectivity index (χ0) is 14.6. The minimum atomic E-state index is -0.604. The van der Waals surface area contributed by atoms with Crippen molar-refractivity contribution in [2.24, 2.45) is 17.8 Å². The summed E-state index contributed by atoms with van der Waals surface area (Å²) in [6.45, 7) is 13.6. The molecule has 0 saturated heterocycles. The van der Waals surface area contributed by atoms with Gasteiger partial charge in [-0.1, -0.05) is 20.8 Å². The van der Waals surface area contributed by atoms with Crippen LogP contribution in [0.4, 0.5) is 0 Å². The van der Waals surface area contributed by atoms with E-state index in [2.05, 4.69) is 38.0 Å². The minimum absolute atomic E-state index is 0.604. The summed E-state index contributed by atoms with van der Waals surface area (Å²) in [5.41, 5.74) is -0.604. The highest BCUT2D eigenvalue weighted by molar-refractivity contribution is 4.89. The van der Waals surface area contributed by atoms with E-state index in [4.69, 9.17) is 0 Å². The van der Waals surface area contributed by atoms with Gasteiger partial charge in [0.2, 0.25) is 0 Å². The molecule has 0 heterocycles. The fourth-order valence-corrected chi connectivity index (χ4v) is 3.80. The van der Waals surface area contributed by atoms with E-state index in [-0.39, 0.29) is 0 Å². The molecule has 0 bridgehead atoms. The van der Waals surface area contributed by atoms with E-state index in [1.165, 1.54) is 12.8 Å². The average Bonchev–Trinajstić information content (AvgIpc) is 2.21. The standard InChI is InChI=1S/C16H34N2O/c1-7-17-15-9-12(2)8-13(3)14(15)10-18(6)11-16(4,5)19/h12-15,17,19H,7-11H2,1-6H3. The van der Waals surface area contributed by atoms with Crippen molar-refractivity contribution >= 4 is 0 Å². The maximum Gasteiger partial charge on any atom is 0.0718 e. The molecule has 19 heavy (non-hydrogen) atoms. The highest BCUT2D eigenvalue weighted by atomic mass is 16.3. The summed E-state index contributed by atoms with van der Waals surface area (Å²) in [4.78, 5) is 2.29. The lowest BCUT2D eigenvalue weighted by Gasteiger charge is -2.42. The molecule has 3 heteroatoms. The molecule has 0 aromatic carbocycles. The van der Waals surface area contributed by atoms with Gasteiger partial charge in [-0.2, -0.15) is 0 Å². The zero-order valence-corrected chi connectivity index (χ0v) is 13.7. The number of aliphatic hydroxyl groups is 1. The Morgan fingerprint density at radius 2 is 1.89 bits per heavy atom. The van der Waals surface area contributed by atoms with E-state index >= 15 is 0 Å². The van der Waals surface area contributed by atoms with Gasteiger partial charge in [0.1, 0.15) is 0 Å². The lowest BCUT2D eigenvalue weighted by Crippen LogP contribution is -2.50. The van der Waals surface area contributed by atoms with Crippen molar-refractivity contribution in [2.75, 3.05) is 26.7 Å². The molecule has 1 saturated carbocycles. The highest BCUT2D eigenvalue weighted by Gasteiger charge is 2.34. The van der Waals surface area contributed by atoms with Crippen LogP contribution in [0, 0.1) is 17.8 Å². The van der Waals surface area contributed by atoms with E-state index in [1.54, 1.807) is 0 Å². The quantitative estimate of drug-likeness (QED) is 0.778. The summed E-state index contributed by atoms with van der Waals surface area (Å²) >= 11 is 0. The molecule has 1 aliphatic rings. The van der Waals surface area contributed by atoms with Crippen molar-refractivity contribution < 1.29 is 5.11 Å². The first-order valence-corrected chi connectivity index (χ1v) is 7.87. The van der Waals surface area contributed by atoms with Crippen molar-refractivity contribution in [3.8, 4) is 0 Å². The Hall–Kier alpha value is -0.120. The summed E-state index contributed by atoms with van der Waals surface area (Å²) in [6, 6.07) is 0.632. The van der Waals surface area contributed by atoms with Gasteiger partial charge in [-0.25, -0.2) is 0 Å². The molecule has 0 aliphatic heterocycles. The lowest BCUT2D eigenvalue weighted by molar-refractivity contribution is 0.0276. The third-order valence-electron chi connectivity index (χ3n) is 4.32. The van der Waals surface area contributed by atoms with Crippen molar-refractivity contribution in [3.05, 3.63) is 0 Å². The third-order valence-corrected chi connectivity index (χ3v) is 4.32. The SMILES string of the molecule is CCNC1CC(C)CC(C)C1CN(C)CC(C)(C)O. The van der Waals surface area contributed by atoms with Crippen LogP contribution in [0.15, 0.2) is 0 Å². The molecular formula is C16H34N2O. The summed E-state index contributed by atoms with van der Waals surface area (Å²) in [5.74, 6) is 2.29. The topological polar surface area (TPSA) is 35.5 Å². The number of hydrogen-bond acceptors (Lipinski definition) is 3. The van der Waals surface area contributed by atoms with Crippen LogP contribution in [0.5, 0.6) is 0 Å². The number of likely N-dealkylation sites (N-methyl/N-ethyl adjacent to an activating group) is 1. The molecule has 2 N–H and O–H groups in total. The van der Waals surface area contributed by atoms with Crippen LogP contribution in [0.3, 0.4) is 0 Å². The molecule has 0 radical (unpaired) electrons. The Labute approximate surface area is 119 Å². The molecule has 0 aromatic heterocycles. The summed E-state index contributed by atoms with van der Waals surface area (Å²) in [7, 11) is 2.13. The number of rotatable bonds is 6. The number of hydrogen-bond donors (Lipinski definition) is 2. The van der Waals surface area contributed by atoms with E-state index in [0.717, 1.165) is 31.5 Å². The fraction of sp³-hybridized carbons (Fsp3) is 1.00. The first kappa shape index (κ1) is 16.9.